The van der Waals surface area contributed by atoms with Crippen LogP contribution in [-0.2, 0) is 20.0 Å². The summed E-state index contributed by atoms with van der Waals surface area (Å²) in [6.45, 7) is 8.27. The second-order valence-electron chi connectivity index (χ2n) is 7.72. The smallest absolute Gasteiger partial charge is 0.151 e. The maximum Gasteiger partial charge on any atom is 0.151 e. The molecule has 4 heterocycles. The molecule has 3 aromatic rings. The Morgan fingerprint density at radius 3 is 2.81 bits per heavy atom. The lowest BCUT2D eigenvalue weighted by Gasteiger charge is -2.36. The molecule has 144 valence electrons. The number of hydrogen-bond donors (Lipinski definition) is 0. The van der Waals surface area contributed by atoms with E-state index in [-0.39, 0.29) is 0 Å². The quantitative estimate of drug-likeness (QED) is 0.663. The molecule has 4 rings (SSSR count). The summed E-state index contributed by atoms with van der Waals surface area (Å²) in [6, 6.07) is 6.57. The number of rotatable bonds is 5. The van der Waals surface area contributed by atoms with Crippen molar-refractivity contribution >= 4 is 0 Å². The summed E-state index contributed by atoms with van der Waals surface area (Å²) >= 11 is 0. The maximum absolute atomic E-state index is 6.08. The van der Waals surface area contributed by atoms with Crippen molar-refractivity contribution in [3.63, 3.8) is 0 Å². The molecular formula is C21H28N4O2. The lowest BCUT2D eigenvalue weighted by atomic mass is 9.91. The summed E-state index contributed by atoms with van der Waals surface area (Å²) in [4.78, 5) is 2.46. The highest BCUT2D eigenvalue weighted by Gasteiger charge is 2.30. The van der Waals surface area contributed by atoms with Gasteiger partial charge in [-0.2, -0.15) is 5.10 Å². The fourth-order valence-electron chi connectivity index (χ4n) is 3.90. The van der Waals surface area contributed by atoms with Gasteiger partial charge in [-0.3, -0.25) is 9.58 Å². The van der Waals surface area contributed by atoms with Gasteiger partial charge < -0.3 is 8.94 Å². The van der Waals surface area contributed by atoms with Crippen molar-refractivity contribution in [3.05, 3.63) is 47.4 Å². The number of nitrogens with zero attached hydrogens (tertiary/aromatic N) is 4. The van der Waals surface area contributed by atoms with E-state index >= 15 is 0 Å². The van der Waals surface area contributed by atoms with E-state index in [9.17, 15) is 0 Å². The summed E-state index contributed by atoms with van der Waals surface area (Å²) in [5, 5.41) is 8.58. The molecule has 0 spiro atoms. The van der Waals surface area contributed by atoms with Crippen molar-refractivity contribution in [3.8, 4) is 11.3 Å². The van der Waals surface area contributed by atoms with Crippen LogP contribution in [0.4, 0.5) is 0 Å². The molecule has 6 heteroatoms. The first-order chi connectivity index (χ1) is 13.0. The minimum Gasteiger partial charge on any atom is -0.464 e. The normalized spacial score (nSPS) is 21.0. The number of hydrogen-bond acceptors (Lipinski definition) is 5. The van der Waals surface area contributed by atoms with E-state index in [0.29, 0.717) is 12.0 Å². The van der Waals surface area contributed by atoms with E-state index in [1.165, 1.54) is 6.42 Å². The fraction of sp³-hybridized carbons (Fsp3) is 0.524. The second kappa shape index (κ2) is 7.35. The van der Waals surface area contributed by atoms with Crippen LogP contribution in [0.1, 0.15) is 55.7 Å². The largest absolute Gasteiger partial charge is 0.464 e. The third-order valence-corrected chi connectivity index (χ3v) is 5.76. The topological polar surface area (TPSA) is 60.2 Å². The number of piperidine rings is 1. The maximum atomic E-state index is 6.08. The molecule has 0 aliphatic carbocycles. The average molecular weight is 368 g/mol. The first-order valence-corrected chi connectivity index (χ1v) is 9.82. The third-order valence-electron chi connectivity index (χ3n) is 5.76. The first-order valence-electron chi connectivity index (χ1n) is 9.82. The molecule has 27 heavy (non-hydrogen) atoms. The van der Waals surface area contributed by atoms with E-state index in [2.05, 4.69) is 41.1 Å². The highest BCUT2D eigenvalue weighted by atomic mass is 16.5. The molecular weight excluding hydrogens is 340 g/mol. The van der Waals surface area contributed by atoms with E-state index in [1.807, 2.05) is 30.9 Å². The Balaban J connectivity index is 1.54. The minimum absolute atomic E-state index is 0.294. The van der Waals surface area contributed by atoms with Crippen LogP contribution in [0.3, 0.4) is 0 Å². The highest BCUT2D eigenvalue weighted by Crippen LogP contribution is 2.36. The van der Waals surface area contributed by atoms with Crippen molar-refractivity contribution in [2.75, 3.05) is 6.54 Å². The Hall–Kier alpha value is -2.34. The monoisotopic (exact) mass is 368 g/mol. The zero-order valence-electron chi connectivity index (χ0n) is 16.6. The van der Waals surface area contributed by atoms with Crippen LogP contribution in [0.5, 0.6) is 0 Å². The van der Waals surface area contributed by atoms with Crippen LogP contribution in [0.15, 0.2) is 33.3 Å². The molecule has 0 saturated carbocycles. The van der Waals surface area contributed by atoms with Crippen molar-refractivity contribution in [1.82, 2.24) is 19.8 Å². The van der Waals surface area contributed by atoms with Gasteiger partial charge in [-0.15, -0.1) is 0 Å². The Morgan fingerprint density at radius 2 is 2.11 bits per heavy atom. The molecule has 0 amide bonds. The fourth-order valence-corrected chi connectivity index (χ4v) is 3.90. The van der Waals surface area contributed by atoms with Crippen molar-refractivity contribution in [1.29, 1.82) is 0 Å². The van der Waals surface area contributed by atoms with Gasteiger partial charge in [0.15, 0.2) is 5.76 Å². The Bertz CT molecular complexity index is 907. The Labute approximate surface area is 160 Å². The summed E-state index contributed by atoms with van der Waals surface area (Å²) in [5.41, 5.74) is 2.96. The van der Waals surface area contributed by atoms with Gasteiger partial charge in [-0.1, -0.05) is 19.0 Å². The Morgan fingerprint density at radius 1 is 1.26 bits per heavy atom. The van der Waals surface area contributed by atoms with E-state index in [1.54, 1.807) is 0 Å². The van der Waals surface area contributed by atoms with Crippen molar-refractivity contribution < 1.29 is 8.94 Å². The molecule has 0 aromatic carbocycles. The molecule has 3 aromatic heterocycles. The molecule has 1 saturated heterocycles. The zero-order chi connectivity index (χ0) is 19.0. The molecule has 2 atom stereocenters. The summed E-state index contributed by atoms with van der Waals surface area (Å²) in [7, 11) is 1.94. The number of aryl methyl sites for hydroxylation is 2. The summed E-state index contributed by atoms with van der Waals surface area (Å²) in [6.07, 6.45) is 5.08. The van der Waals surface area contributed by atoms with Gasteiger partial charge in [0.25, 0.3) is 0 Å². The number of aromatic nitrogens is 3. The SMILES string of the molecule is CCc1ccc(C2CC(C)CCN2Cc2cc(-c3cnn(C)c3C)no2)o1. The zero-order valence-corrected chi connectivity index (χ0v) is 16.6. The van der Waals surface area contributed by atoms with Crippen molar-refractivity contribution in [2.24, 2.45) is 13.0 Å². The summed E-state index contributed by atoms with van der Waals surface area (Å²) < 4.78 is 13.6. The van der Waals surface area contributed by atoms with Crippen LogP contribution in [0, 0.1) is 12.8 Å². The second-order valence-corrected chi connectivity index (χ2v) is 7.72. The molecule has 6 nitrogen and oxygen atoms in total. The highest BCUT2D eigenvalue weighted by molar-refractivity contribution is 5.60. The molecule has 1 aliphatic rings. The van der Waals surface area contributed by atoms with Gasteiger partial charge in [0.05, 0.1) is 18.8 Å². The minimum atomic E-state index is 0.294. The van der Waals surface area contributed by atoms with Crippen LogP contribution in [-0.4, -0.2) is 26.4 Å². The molecule has 1 fully saturated rings. The van der Waals surface area contributed by atoms with Crippen LogP contribution in [0.2, 0.25) is 0 Å². The van der Waals surface area contributed by atoms with Crippen LogP contribution >= 0.6 is 0 Å². The van der Waals surface area contributed by atoms with Crippen LogP contribution < -0.4 is 0 Å². The lowest BCUT2D eigenvalue weighted by molar-refractivity contribution is 0.0842. The van der Waals surface area contributed by atoms with E-state index in [4.69, 9.17) is 8.94 Å². The standard InChI is InChI=1S/C21H28N4O2/c1-5-16-6-7-21(26-16)20-10-14(2)8-9-25(20)13-17-11-19(23-27-17)18-12-22-24(4)15(18)3/h6-7,11-12,14,20H,5,8-10,13H2,1-4H3. The van der Waals surface area contributed by atoms with Gasteiger partial charge in [0.2, 0.25) is 0 Å². The van der Waals surface area contributed by atoms with Gasteiger partial charge in [0.1, 0.15) is 17.2 Å². The predicted octanol–water partition coefficient (Wildman–Crippen LogP) is 4.51. The van der Waals surface area contributed by atoms with Gasteiger partial charge >= 0.3 is 0 Å². The molecule has 0 N–H and O–H groups in total. The van der Waals surface area contributed by atoms with Crippen LogP contribution in [0.25, 0.3) is 11.3 Å². The molecule has 1 aliphatic heterocycles. The predicted molar refractivity (Wildman–Crippen MR) is 103 cm³/mol. The molecule has 0 bridgehead atoms. The lowest BCUT2D eigenvalue weighted by Crippen LogP contribution is -2.35. The first kappa shape index (κ1) is 18.0. The average Bonchev–Trinajstić information content (AvgIpc) is 3.38. The van der Waals surface area contributed by atoms with E-state index < -0.39 is 0 Å². The van der Waals surface area contributed by atoms with Crippen molar-refractivity contribution in [2.45, 2.75) is 52.6 Å². The van der Waals surface area contributed by atoms with E-state index in [0.717, 1.165) is 60.2 Å². The van der Waals surface area contributed by atoms with Gasteiger partial charge in [0, 0.05) is 30.8 Å². The molecule has 2 unspecified atom stereocenters. The Kier molecular flexibility index (Phi) is 4.91. The number of likely N-dealkylation sites (tertiary alicyclic amines) is 1. The molecule has 0 radical (unpaired) electrons. The van der Waals surface area contributed by atoms with Gasteiger partial charge in [-0.25, -0.2) is 0 Å². The summed E-state index contributed by atoms with van der Waals surface area (Å²) in [5.74, 6) is 3.71. The third kappa shape index (κ3) is 3.58. The number of furan rings is 1. The van der Waals surface area contributed by atoms with Gasteiger partial charge in [-0.05, 0) is 44.4 Å².